The van der Waals surface area contributed by atoms with Gasteiger partial charge in [0.2, 0.25) is 0 Å². The fraction of sp³-hybridized carbons (Fsp3) is 0.333. The molecule has 6 nitrogen and oxygen atoms in total. The van der Waals surface area contributed by atoms with E-state index in [0.29, 0.717) is 12.4 Å². The molecule has 0 radical (unpaired) electrons. The Kier molecular flexibility index (Phi) is 5.20. The molecule has 2 rings (SSSR count). The summed E-state index contributed by atoms with van der Waals surface area (Å²) in [7, 11) is 0. The van der Waals surface area contributed by atoms with Crippen LogP contribution in [-0.4, -0.2) is 29.3 Å². The van der Waals surface area contributed by atoms with Crippen molar-refractivity contribution < 1.29 is 14.3 Å². The second-order valence-corrected chi connectivity index (χ2v) is 4.51. The zero-order valence-electron chi connectivity index (χ0n) is 12.1. The molecule has 2 aromatic rings. The first kappa shape index (κ1) is 14.9. The van der Waals surface area contributed by atoms with E-state index in [1.54, 1.807) is 24.5 Å². The van der Waals surface area contributed by atoms with E-state index in [1.165, 1.54) is 0 Å². The Bertz CT molecular complexity index is 552. The van der Waals surface area contributed by atoms with Crippen LogP contribution >= 0.6 is 0 Å². The lowest BCUT2D eigenvalue weighted by atomic mass is 10.2. The number of carbonyl (C=O) groups is 1. The Hall–Kier alpha value is -2.50. The van der Waals surface area contributed by atoms with E-state index in [9.17, 15) is 4.79 Å². The number of aromatic nitrogens is 2. The lowest BCUT2D eigenvalue weighted by Gasteiger charge is -2.12. The van der Waals surface area contributed by atoms with E-state index in [0.717, 1.165) is 11.3 Å². The summed E-state index contributed by atoms with van der Waals surface area (Å²) in [5.41, 5.74) is 0.921. The van der Waals surface area contributed by atoms with Crippen molar-refractivity contribution in [3.8, 4) is 11.5 Å². The highest BCUT2D eigenvalue weighted by atomic mass is 16.5. The molecule has 6 heteroatoms. The maximum atomic E-state index is 11.8. The minimum atomic E-state index is -0.183. The summed E-state index contributed by atoms with van der Waals surface area (Å²) < 4.78 is 10.8. The zero-order chi connectivity index (χ0) is 15.1. The number of hydrogen-bond donors (Lipinski definition) is 2. The number of nitrogens with zero attached hydrogens (tertiary/aromatic N) is 1. The summed E-state index contributed by atoms with van der Waals surface area (Å²) in [6.45, 7) is 4.40. The average molecular weight is 289 g/mol. The third kappa shape index (κ3) is 4.52. The summed E-state index contributed by atoms with van der Waals surface area (Å²) in [5.74, 6) is 1.23. The van der Waals surface area contributed by atoms with Gasteiger partial charge in [0, 0.05) is 11.8 Å². The van der Waals surface area contributed by atoms with Crippen LogP contribution in [0.2, 0.25) is 0 Å². The predicted octanol–water partition coefficient (Wildman–Crippen LogP) is 2.06. The number of rotatable bonds is 7. The van der Waals surface area contributed by atoms with Crippen molar-refractivity contribution in [3.05, 3.63) is 42.2 Å². The zero-order valence-corrected chi connectivity index (χ0v) is 12.1. The summed E-state index contributed by atoms with van der Waals surface area (Å²) >= 11 is 0. The molecule has 0 bridgehead atoms. The van der Waals surface area contributed by atoms with Gasteiger partial charge in [-0.15, -0.1) is 0 Å². The Morgan fingerprint density at radius 3 is 2.52 bits per heavy atom. The van der Waals surface area contributed by atoms with Gasteiger partial charge in [-0.25, -0.2) is 0 Å². The quantitative estimate of drug-likeness (QED) is 0.818. The van der Waals surface area contributed by atoms with Gasteiger partial charge in [0.15, 0.2) is 6.61 Å². The number of ether oxygens (including phenoxy) is 2. The van der Waals surface area contributed by atoms with Crippen molar-refractivity contribution in [1.82, 2.24) is 15.5 Å². The van der Waals surface area contributed by atoms with Crippen LogP contribution in [0.25, 0.3) is 0 Å². The first-order chi connectivity index (χ1) is 10.2. The Morgan fingerprint density at radius 2 is 1.95 bits per heavy atom. The van der Waals surface area contributed by atoms with Gasteiger partial charge in [-0.05, 0) is 38.1 Å². The van der Waals surface area contributed by atoms with Gasteiger partial charge >= 0.3 is 0 Å². The second kappa shape index (κ2) is 7.33. The molecule has 21 heavy (non-hydrogen) atoms. The van der Waals surface area contributed by atoms with Crippen molar-refractivity contribution in [1.29, 1.82) is 0 Å². The van der Waals surface area contributed by atoms with E-state index in [4.69, 9.17) is 9.47 Å². The summed E-state index contributed by atoms with van der Waals surface area (Å²) in [5, 5.41) is 9.40. The van der Waals surface area contributed by atoms with Crippen LogP contribution in [-0.2, 0) is 4.79 Å². The van der Waals surface area contributed by atoms with Gasteiger partial charge in [0.25, 0.3) is 5.91 Å². The summed E-state index contributed by atoms with van der Waals surface area (Å²) in [4.78, 5) is 11.8. The molecule has 112 valence electrons. The van der Waals surface area contributed by atoms with Gasteiger partial charge in [0.1, 0.15) is 11.5 Å². The molecule has 1 unspecified atom stereocenters. The van der Waals surface area contributed by atoms with Gasteiger partial charge in [-0.3, -0.25) is 9.89 Å². The fourth-order valence-corrected chi connectivity index (χ4v) is 1.81. The number of aromatic amines is 1. The maximum absolute atomic E-state index is 11.8. The molecule has 0 aliphatic heterocycles. The van der Waals surface area contributed by atoms with E-state index in [-0.39, 0.29) is 18.6 Å². The lowest BCUT2D eigenvalue weighted by molar-refractivity contribution is -0.123. The molecule has 0 aliphatic carbocycles. The minimum Gasteiger partial charge on any atom is -0.494 e. The maximum Gasteiger partial charge on any atom is 0.258 e. The molecule has 0 fully saturated rings. The van der Waals surface area contributed by atoms with Crippen LogP contribution in [0.15, 0.2) is 36.7 Å². The molecule has 1 aromatic carbocycles. The SMILES string of the molecule is CCOc1ccc(OCC(=O)NC(C)c2cn[nH]c2)cc1. The largest absolute Gasteiger partial charge is 0.494 e. The van der Waals surface area contributed by atoms with Crippen LogP contribution in [0, 0.1) is 0 Å². The standard InChI is InChI=1S/C15H19N3O3/c1-3-20-13-4-6-14(7-5-13)21-10-15(19)18-11(2)12-8-16-17-9-12/h4-9,11H,3,10H2,1-2H3,(H,16,17)(H,18,19). The molecule has 0 aliphatic rings. The van der Waals surface area contributed by atoms with Crippen molar-refractivity contribution in [2.24, 2.45) is 0 Å². The molecular weight excluding hydrogens is 270 g/mol. The number of H-pyrrole nitrogens is 1. The summed E-state index contributed by atoms with van der Waals surface area (Å²) in [6, 6.07) is 7.06. The molecule has 0 saturated heterocycles. The first-order valence-corrected chi connectivity index (χ1v) is 6.82. The van der Waals surface area contributed by atoms with Crippen LogP contribution < -0.4 is 14.8 Å². The smallest absolute Gasteiger partial charge is 0.258 e. The molecule has 1 heterocycles. The minimum absolute atomic E-state index is 0.0316. The van der Waals surface area contributed by atoms with Crippen LogP contribution in [0.1, 0.15) is 25.5 Å². The van der Waals surface area contributed by atoms with Gasteiger partial charge in [-0.2, -0.15) is 5.10 Å². The Balaban J connectivity index is 1.78. The van der Waals surface area contributed by atoms with Crippen molar-refractivity contribution in [2.45, 2.75) is 19.9 Å². The highest BCUT2D eigenvalue weighted by Crippen LogP contribution is 2.17. The Labute approximate surface area is 123 Å². The molecule has 1 aromatic heterocycles. The monoisotopic (exact) mass is 289 g/mol. The fourth-order valence-electron chi connectivity index (χ4n) is 1.81. The number of carbonyl (C=O) groups excluding carboxylic acids is 1. The van der Waals surface area contributed by atoms with Gasteiger partial charge < -0.3 is 14.8 Å². The second-order valence-electron chi connectivity index (χ2n) is 4.51. The highest BCUT2D eigenvalue weighted by Gasteiger charge is 2.10. The molecule has 2 N–H and O–H groups in total. The molecule has 1 amide bonds. The van der Waals surface area contributed by atoms with Crippen molar-refractivity contribution in [2.75, 3.05) is 13.2 Å². The number of amides is 1. The van der Waals surface area contributed by atoms with E-state index < -0.39 is 0 Å². The third-order valence-corrected chi connectivity index (χ3v) is 2.90. The molecular formula is C15H19N3O3. The van der Waals surface area contributed by atoms with Crippen molar-refractivity contribution >= 4 is 5.91 Å². The van der Waals surface area contributed by atoms with Crippen LogP contribution in [0.3, 0.4) is 0 Å². The topological polar surface area (TPSA) is 76.2 Å². The Morgan fingerprint density at radius 1 is 1.29 bits per heavy atom. The molecule has 0 spiro atoms. The van der Waals surface area contributed by atoms with Crippen LogP contribution in [0.5, 0.6) is 11.5 Å². The van der Waals surface area contributed by atoms with Gasteiger partial charge in [-0.1, -0.05) is 0 Å². The van der Waals surface area contributed by atoms with Crippen LogP contribution in [0.4, 0.5) is 0 Å². The average Bonchev–Trinajstić information content (AvgIpc) is 3.01. The van der Waals surface area contributed by atoms with Crippen molar-refractivity contribution in [3.63, 3.8) is 0 Å². The predicted molar refractivity (Wildman–Crippen MR) is 78.3 cm³/mol. The van der Waals surface area contributed by atoms with E-state index >= 15 is 0 Å². The van der Waals surface area contributed by atoms with E-state index in [2.05, 4.69) is 15.5 Å². The number of benzene rings is 1. The summed E-state index contributed by atoms with van der Waals surface area (Å²) in [6.07, 6.45) is 3.43. The molecule has 1 atom stereocenters. The highest BCUT2D eigenvalue weighted by molar-refractivity contribution is 5.78. The third-order valence-electron chi connectivity index (χ3n) is 2.90. The van der Waals surface area contributed by atoms with Gasteiger partial charge in [0.05, 0.1) is 18.8 Å². The number of nitrogens with one attached hydrogen (secondary N) is 2. The number of hydrogen-bond acceptors (Lipinski definition) is 4. The lowest BCUT2D eigenvalue weighted by Crippen LogP contribution is -2.31. The molecule has 0 saturated carbocycles. The first-order valence-electron chi connectivity index (χ1n) is 6.82. The van der Waals surface area contributed by atoms with E-state index in [1.807, 2.05) is 26.0 Å². The normalized spacial score (nSPS) is 11.7.